The molecule has 6 N–H and O–H groups in total. The lowest BCUT2D eigenvalue weighted by Gasteiger charge is -2.29. The number of primary amides is 1. The molecule has 2 aromatic heterocycles. The van der Waals surface area contributed by atoms with Crippen LogP contribution in [0.15, 0.2) is 54.7 Å². The highest BCUT2D eigenvalue weighted by Gasteiger charge is 2.23. The highest BCUT2D eigenvalue weighted by Crippen LogP contribution is 2.24. The number of nitrogens with zero attached hydrogens (tertiary/aromatic N) is 5. The van der Waals surface area contributed by atoms with Crippen molar-refractivity contribution in [3.05, 3.63) is 60.3 Å². The summed E-state index contributed by atoms with van der Waals surface area (Å²) in [7, 11) is 0. The maximum Gasteiger partial charge on any atom is 0.254 e. The van der Waals surface area contributed by atoms with Gasteiger partial charge < -0.3 is 22.1 Å². The van der Waals surface area contributed by atoms with Crippen molar-refractivity contribution in [3.63, 3.8) is 0 Å². The van der Waals surface area contributed by atoms with Gasteiger partial charge in [-0.1, -0.05) is 31.0 Å². The van der Waals surface area contributed by atoms with Crippen LogP contribution in [0.4, 0.5) is 17.5 Å². The fourth-order valence-electron chi connectivity index (χ4n) is 4.05. The zero-order valence-electron chi connectivity index (χ0n) is 18.0. The topological polar surface area (TPSA) is 150 Å². The molecule has 1 amide bonds. The Labute approximate surface area is 190 Å². The van der Waals surface area contributed by atoms with E-state index in [0.29, 0.717) is 17.5 Å². The Balaban J connectivity index is 1.42. The van der Waals surface area contributed by atoms with Crippen molar-refractivity contribution in [1.82, 2.24) is 25.0 Å². The van der Waals surface area contributed by atoms with Crippen molar-refractivity contribution in [2.24, 2.45) is 11.5 Å². The summed E-state index contributed by atoms with van der Waals surface area (Å²) in [5.74, 6) is 0.107. The Bertz CT molecular complexity index is 1270. The first-order valence-electron chi connectivity index (χ1n) is 11.0. The summed E-state index contributed by atoms with van der Waals surface area (Å²) in [5.41, 5.74) is 15.1. The number of carbonyl (C=O) groups is 1. The third-order valence-corrected chi connectivity index (χ3v) is 5.81. The van der Waals surface area contributed by atoms with Gasteiger partial charge in [0.05, 0.1) is 5.69 Å². The van der Waals surface area contributed by atoms with E-state index in [1.54, 1.807) is 4.80 Å². The summed E-state index contributed by atoms with van der Waals surface area (Å²) in [5, 5.41) is 15.5. The molecule has 10 nitrogen and oxygen atoms in total. The Kier molecular flexibility index (Phi) is 5.57. The van der Waals surface area contributed by atoms with Gasteiger partial charge >= 0.3 is 0 Å². The van der Waals surface area contributed by atoms with Crippen molar-refractivity contribution < 1.29 is 4.79 Å². The number of nitrogens with two attached hydrogens (primary N) is 2. The zero-order valence-corrected chi connectivity index (χ0v) is 18.0. The molecule has 1 fully saturated rings. The first-order valence-corrected chi connectivity index (χ1v) is 11.0. The smallest absolute Gasteiger partial charge is 0.254 e. The maximum atomic E-state index is 12.0. The van der Waals surface area contributed by atoms with Gasteiger partial charge in [-0.25, -0.2) is 4.98 Å². The Morgan fingerprint density at radius 1 is 1.03 bits per heavy atom. The molecule has 0 aliphatic heterocycles. The molecule has 1 aliphatic carbocycles. The predicted octanol–water partition coefficient (Wildman–Crippen LogP) is 2.73. The third-order valence-electron chi connectivity index (χ3n) is 5.81. The number of hydrogen-bond donors (Lipinski definition) is 4. The van der Waals surface area contributed by atoms with Gasteiger partial charge in [0.1, 0.15) is 22.4 Å². The summed E-state index contributed by atoms with van der Waals surface area (Å²) in [6.07, 6.45) is 5.59. The molecule has 0 bridgehead atoms. The Hall–Kier alpha value is -4.05. The van der Waals surface area contributed by atoms with Crippen molar-refractivity contribution >= 4 is 34.4 Å². The lowest BCUT2D eigenvalue weighted by atomic mass is 9.91. The molecular weight excluding hydrogens is 418 g/mol. The highest BCUT2D eigenvalue weighted by atomic mass is 16.1. The van der Waals surface area contributed by atoms with E-state index in [9.17, 15) is 4.79 Å². The van der Waals surface area contributed by atoms with Crippen LogP contribution in [0.3, 0.4) is 0 Å². The van der Waals surface area contributed by atoms with Gasteiger partial charge in [0, 0.05) is 24.0 Å². The van der Waals surface area contributed by atoms with Gasteiger partial charge in [-0.05, 0) is 43.2 Å². The number of benzene rings is 2. The molecule has 1 aliphatic rings. The molecule has 33 heavy (non-hydrogen) atoms. The van der Waals surface area contributed by atoms with E-state index in [4.69, 9.17) is 11.5 Å². The van der Waals surface area contributed by atoms with Gasteiger partial charge in [0.15, 0.2) is 0 Å². The molecule has 0 unspecified atom stereocenters. The van der Waals surface area contributed by atoms with Crippen molar-refractivity contribution in [2.75, 3.05) is 10.6 Å². The molecule has 2 aromatic carbocycles. The summed E-state index contributed by atoms with van der Waals surface area (Å²) < 4.78 is 0. The quantitative estimate of drug-likeness (QED) is 0.355. The van der Waals surface area contributed by atoms with Gasteiger partial charge in [-0.2, -0.15) is 9.78 Å². The van der Waals surface area contributed by atoms with Gasteiger partial charge in [0.25, 0.3) is 5.91 Å². The second-order valence-corrected chi connectivity index (χ2v) is 8.17. The molecule has 0 radical (unpaired) electrons. The maximum absolute atomic E-state index is 12.0. The highest BCUT2D eigenvalue weighted by molar-refractivity contribution is 5.98. The van der Waals surface area contributed by atoms with E-state index in [2.05, 4.69) is 30.8 Å². The second-order valence-electron chi connectivity index (χ2n) is 8.17. The first-order chi connectivity index (χ1) is 16.1. The zero-order chi connectivity index (χ0) is 22.8. The first kappa shape index (κ1) is 20.8. The Morgan fingerprint density at radius 2 is 1.79 bits per heavy atom. The molecule has 5 rings (SSSR count). The van der Waals surface area contributed by atoms with Crippen LogP contribution in [-0.2, 0) is 0 Å². The van der Waals surface area contributed by atoms with E-state index in [0.717, 1.165) is 42.4 Å². The van der Waals surface area contributed by atoms with Crippen molar-refractivity contribution in [3.8, 4) is 5.69 Å². The summed E-state index contributed by atoms with van der Waals surface area (Å²) in [4.78, 5) is 22.4. The van der Waals surface area contributed by atoms with Crippen LogP contribution in [0, 0.1) is 0 Å². The van der Waals surface area contributed by atoms with Crippen LogP contribution in [0.25, 0.3) is 16.7 Å². The molecule has 4 aromatic rings. The monoisotopic (exact) mass is 443 g/mol. The number of hydrogen-bond acceptors (Lipinski definition) is 8. The normalized spacial score (nSPS) is 18.2. The van der Waals surface area contributed by atoms with Crippen LogP contribution in [-0.4, -0.2) is 43.0 Å². The van der Waals surface area contributed by atoms with Crippen molar-refractivity contribution in [1.29, 1.82) is 0 Å². The minimum Gasteiger partial charge on any atom is -0.365 e. The fourth-order valence-corrected chi connectivity index (χ4v) is 4.05. The number of amides is 1. The van der Waals surface area contributed by atoms with Crippen molar-refractivity contribution in [2.45, 2.75) is 37.8 Å². The minimum absolute atomic E-state index is 0.0448. The van der Waals surface area contributed by atoms with Gasteiger partial charge in [-0.3, -0.25) is 4.79 Å². The van der Waals surface area contributed by atoms with E-state index < -0.39 is 5.91 Å². The van der Waals surface area contributed by atoms with E-state index >= 15 is 0 Å². The number of nitrogens with one attached hydrogen (secondary N) is 2. The summed E-state index contributed by atoms with van der Waals surface area (Å²) in [6.45, 7) is 0. The molecule has 0 saturated heterocycles. The van der Waals surface area contributed by atoms with E-state index in [1.807, 2.05) is 48.5 Å². The van der Waals surface area contributed by atoms with Crippen LogP contribution >= 0.6 is 0 Å². The lowest BCUT2D eigenvalue weighted by Crippen LogP contribution is -2.43. The molecule has 168 valence electrons. The number of fused-ring (bicyclic) bond motifs is 1. The summed E-state index contributed by atoms with van der Waals surface area (Å²) in [6, 6.07) is 15.3. The average Bonchev–Trinajstić information content (AvgIpc) is 3.25. The van der Waals surface area contributed by atoms with E-state index in [-0.39, 0.29) is 17.6 Å². The lowest BCUT2D eigenvalue weighted by molar-refractivity contribution is 0.100. The molecule has 0 spiro atoms. The second kappa shape index (κ2) is 8.83. The molecule has 1 saturated carbocycles. The minimum atomic E-state index is -0.616. The van der Waals surface area contributed by atoms with Crippen LogP contribution in [0.1, 0.15) is 36.0 Å². The predicted molar refractivity (Wildman–Crippen MR) is 127 cm³/mol. The molecule has 10 heteroatoms. The Morgan fingerprint density at radius 3 is 2.52 bits per heavy atom. The standard InChI is InChI=1S/C23H25N9O/c24-17-8-1-2-9-18(17)28-23-26-13-16(21(25)33)22(29-23)27-14-6-5-7-15(12-14)32-30-19-10-3-4-11-20(19)31-32/h3-7,10-13,17-18H,1-2,8-9,24H2,(H2,25,33)(H2,26,27,28,29)/t17-,18+/m0/s1. The fraction of sp³-hybridized carbons (Fsp3) is 0.261. The van der Waals surface area contributed by atoms with Gasteiger partial charge in [-0.15, -0.1) is 10.2 Å². The van der Waals surface area contributed by atoms with E-state index in [1.165, 1.54) is 6.20 Å². The molecule has 2 heterocycles. The van der Waals surface area contributed by atoms with Crippen LogP contribution < -0.4 is 22.1 Å². The largest absolute Gasteiger partial charge is 0.365 e. The SMILES string of the molecule is NC(=O)c1cnc(N[C@@H]2CCCC[C@@H]2N)nc1Nc1cccc(-n2nc3ccccc3n2)c1. The number of aromatic nitrogens is 5. The number of carbonyl (C=O) groups excluding carboxylic acids is 1. The van der Waals surface area contributed by atoms with Crippen LogP contribution in [0.5, 0.6) is 0 Å². The molecular formula is C23H25N9O. The molecule has 2 atom stereocenters. The van der Waals surface area contributed by atoms with Crippen LogP contribution in [0.2, 0.25) is 0 Å². The van der Waals surface area contributed by atoms with Gasteiger partial charge in [0.2, 0.25) is 5.95 Å². The summed E-state index contributed by atoms with van der Waals surface area (Å²) >= 11 is 0. The third kappa shape index (κ3) is 4.46. The number of rotatable bonds is 6. The average molecular weight is 444 g/mol. The number of anilines is 3.